The van der Waals surface area contributed by atoms with Crippen LogP contribution in [0, 0.1) is 11.8 Å². The van der Waals surface area contributed by atoms with Gasteiger partial charge in [0.2, 0.25) is 11.8 Å². The topological polar surface area (TPSA) is 91.4 Å². The number of pyridine rings is 1. The number of hydrogen-bond acceptors (Lipinski definition) is 4. The minimum Gasteiger partial charge on any atom is -0.322 e. The highest BCUT2D eigenvalue weighted by molar-refractivity contribution is 6.07. The van der Waals surface area contributed by atoms with E-state index in [0.717, 1.165) is 0 Å². The summed E-state index contributed by atoms with van der Waals surface area (Å²) in [6, 6.07) is 10.00. The Balaban J connectivity index is 1.57. The van der Waals surface area contributed by atoms with Crippen LogP contribution >= 0.6 is 0 Å². The molecule has 1 aliphatic carbocycles. The number of hydrogen-bond donors (Lipinski definition) is 2. The molecule has 136 valence electrons. The smallest absolute Gasteiger partial charge is 0.255 e. The Labute approximate surface area is 156 Å². The summed E-state index contributed by atoms with van der Waals surface area (Å²) in [5, 5.41) is 4.03. The third kappa shape index (κ3) is 3.31. The predicted octanol–water partition coefficient (Wildman–Crippen LogP) is 2.29. The van der Waals surface area contributed by atoms with E-state index in [2.05, 4.69) is 15.7 Å². The number of anilines is 2. The highest BCUT2D eigenvalue weighted by Gasteiger charge is 2.42. The van der Waals surface area contributed by atoms with Gasteiger partial charge in [-0.2, -0.15) is 0 Å². The fourth-order valence-corrected chi connectivity index (χ4v) is 3.41. The molecule has 0 radical (unpaired) electrons. The van der Waals surface area contributed by atoms with E-state index in [0.29, 0.717) is 29.8 Å². The van der Waals surface area contributed by atoms with E-state index >= 15 is 0 Å². The first-order valence-corrected chi connectivity index (χ1v) is 8.74. The molecule has 1 aromatic carbocycles. The minimum absolute atomic E-state index is 0.157. The van der Waals surface area contributed by atoms with E-state index in [9.17, 15) is 14.4 Å². The fraction of sp³-hybridized carbons (Fsp3) is 0.200. The Morgan fingerprint density at radius 1 is 1.07 bits per heavy atom. The average Bonchev–Trinajstić information content (AvgIpc) is 2.71. The van der Waals surface area contributed by atoms with E-state index in [1.807, 2.05) is 12.2 Å². The largest absolute Gasteiger partial charge is 0.322 e. The Bertz CT molecular complexity index is 926. The summed E-state index contributed by atoms with van der Waals surface area (Å²) in [6.07, 6.45) is 8.17. The molecule has 2 N–H and O–H groups in total. The summed E-state index contributed by atoms with van der Waals surface area (Å²) >= 11 is 0. The quantitative estimate of drug-likeness (QED) is 0.820. The molecule has 7 heteroatoms. The van der Waals surface area contributed by atoms with Crippen LogP contribution in [0.3, 0.4) is 0 Å². The van der Waals surface area contributed by atoms with Gasteiger partial charge >= 0.3 is 0 Å². The second-order valence-corrected chi connectivity index (χ2v) is 6.55. The Morgan fingerprint density at radius 2 is 1.81 bits per heavy atom. The van der Waals surface area contributed by atoms with E-state index in [-0.39, 0.29) is 29.6 Å². The van der Waals surface area contributed by atoms with Crippen molar-refractivity contribution in [3.05, 3.63) is 66.5 Å². The van der Waals surface area contributed by atoms with E-state index in [1.165, 1.54) is 5.01 Å². The second-order valence-electron chi connectivity index (χ2n) is 6.55. The van der Waals surface area contributed by atoms with Crippen molar-refractivity contribution in [1.82, 2.24) is 10.4 Å². The number of allylic oxidation sites excluding steroid dienone is 2. The van der Waals surface area contributed by atoms with Crippen molar-refractivity contribution in [2.45, 2.75) is 12.8 Å². The molecular formula is C20H18N4O3. The van der Waals surface area contributed by atoms with Crippen molar-refractivity contribution in [1.29, 1.82) is 0 Å². The average molecular weight is 362 g/mol. The number of aromatic nitrogens is 1. The predicted molar refractivity (Wildman–Crippen MR) is 99.6 cm³/mol. The van der Waals surface area contributed by atoms with Crippen molar-refractivity contribution < 1.29 is 14.4 Å². The molecule has 0 saturated carbocycles. The van der Waals surface area contributed by atoms with Gasteiger partial charge in [0, 0.05) is 23.6 Å². The van der Waals surface area contributed by atoms with Crippen molar-refractivity contribution in [3.63, 3.8) is 0 Å². The molecule has 1 fully saturated rings. The SMILES string of the molecule is O=C(Nc1ccncc1)c1cccc(N2NC(=O)[C@H]3CC=CC[C@H]3C2=O)c1. The van der Waals surface area contributed by atoms with Crippen molar-refractivity contribution in [2.75, 3.05) is 10.3 Å². The highest BCUT2D eigenvalue weighted by Crippen LogP contribution is 2.32. The van der Waals surface area contributed by atoms with Gasteiger partial charge in [-0.1, -0.05) is 18.2 Å². The lowest BCUT2D eigenvalue weighted by molar-refractivity contribution is -0.139. The van der Waals surface area contributed by atoms with Gasteiger partial charge in [-0.25, -0.2) is 5.01 Å². The summed E-state index contributed by atoms with van der Waals surface area (Å²) in [7, 11) is 0. The van der Waals surface area contributed by atoms with Crippen LogP contribution in [0.4, 0.5) is 11.4 Å². The molecule has 0 spiro atoms. The summed E-state index contributed by atoms with van der Waals surface area (Å²) in [6.45, 7) is 0. The zero-order valence-corrected chi connectivity index (χ0v) is 14.5. The molecule has 7 nitrogen and oxygen atoms in total. The monoisotopic (exact) mass is 362 g/mol. The summed E-state index contributed by atoms with van der Waals surface area (Å²) in [5.41, 5.74) is 4.14. The molecule has 1 saturated heterocycles. The van der Waals surface area contributed by atoms with Gasteiger partial charge in [0.25, 0.3) is 5.91 Å². The van der Waals surface area contributed by atoms with Gasteiger partial charge in [0.1, 0.15) is 0 Å². The number of benzene rings is 1. The first-order valence-electron chi connectivity index (χ1n) is 8.74. The lowest BCUT2D eigenvalue weighted by atomic mass is 9.80. The molecule has 27 heavy (non-hydrogen) atoms. The molecule has 1 aliphatic heterocycles. The number of rotatable bonds is 3. The standard InChI is InChI=1S/C20H18N4O3/c25-18(22-14-8-10-21-11-9-14)13-4-3-5-15(12-13)24-20(27)17-7-2-1-6-16(17)19(26)23-24/h1-5,8-12,16-17H,6-7H2,(H,23,26)(H,21,22,25)/t16-,17+/m0/s1. The zero-order valence-electron chi connectivity index (χ0n) is 14.5. The van der Waals surface area contributed by atoms with Crippen LogP contribution in [0.25, 0.3) is 0 Å². The summed E-state index contributed by atoms with van der Waals surface area (Å²) in [5.74, 6) is -1.32. The van der Waals surface area contributed by atoms with E-state index in [4.69, 9.17) is 0 Å². The van der Waals surface area contributed by atoms with Gasteiger partial charge in [0.05, 0.1) is 17.5 Å². The normalized spacial score (nSPS) is 21.4. The lowest BCUT2D eigenvalue weighted by Crippen LogP contribution is -2.59. The summed E-state index contributed by atoms with van der Waals surface area (Å²) < 4.78 is 0. The van der Waals surface area contributed by atoms with Gasteiger partial charge < -0.3 is 5.32 Å². The van der Waals surface area contributed by atoms with Crippen molar-refractivity contribution in [3.8, 4) is 0 Å². The van der Waals surface area contributed by atoms with Crippen molar-refractivity contribution >= 4 is 29.1 Å². The highest BCUT2D eigenvalue weighted by atomic mass is 16.2. The summed E-state index contributed by atoms with van der Waals surface area (Å²) in [4.78, 5) is 41.6. The molecule has 0 bridgehead atoms. The molecular weight excluding hydrogens is 344 g/mol. The van der Waals surface area contributed by atoms with Crippen LogP contribution < -0.4 is 15.8 Å². The first-order chi connectivity index (χ1) is 13.1. The molecule has 2 atom stereocenters. The van der Waals surface area contributed by atoms with Crippen LogP contribution in [-0.2, 0) is 9.59 Å². The number of hydrazine groups is 1. The van der Waals surface area contributed by atoms with E-state index in [1.54, 1.807) is 48.8 Å². The van der Waals surface area contributed by atoms with E-state index < -0.39 is 0 Å². The number of carbonyl (C=O) groups excluding carboxylic acids is 3. The first kappa shape index (κ1) is 17.0. The Hall–Kier alpha value is -3.48. The maximum atomic E-state index is 12.8. The van der Waals surface area contributed by atoms with Crippen LogP contribution in [0.5, 0.6) is 0 Å². The van der Waals surface area contributed by atoms with Gasteiger partial charge in [-0.15, -0.1) is 0 Å². The van der Waals surface area contributed by atoms with Gasteiger partial charge in [0.15, 0.2) is 0 Å². The molecule has 3 amide bonds. The second kappa shape index (κ2) is 7.03. The lowest BCUT2D eigenvalue weighted by Gasteiger charge is -2.38. The van der Waals surface area contributed by atoms with Crippen LogP contribution in [-0.4, -0.2) is 22.7 Å². The molecule has 2 heterocycles. The zero-order chi connectivity index (χ0) is 18.8. The molecule has 2 aromatic rings. The molecule has 1 aromatic heterocycles. The maximum absolute atomic E-state index is 12.8. The minimum atomic E-state index is -0.363. The number of fused-ring (bicyclic) bond motifs is 1. The third-order valence-corrected chi connectivity index (χ3v) is 4.83. The number of amides is 3. The maximum Gasteiger partial charge on any atom is 0.255 e. The number of nitrogens with zero attached hydrogens (tertiary/aromatic N) is 2. The fourth-order valence-electron chi connectivity index (χ4n) is 3.41. The Morgan fingerprint density at radius 3 is 2.59 bits per heavy atom. The molecule has 2 aliphatic rings. The van der Waals surface area contributed by atoms with Crippen LogP contribution in [0.2, 0.25) is 0 Å². The Kier molecular flexibility index (Phi) is 4.42. The number of carbonyl (C=O) groups is 3. The van der Waals surface area contributed by atoms with Crippen molar-refractivity contribution in [2.24, 2.45) is 11.8 Å². The molecule has 0 unspecified atom stereocenters. The van der Waals surface area contributed by atoms with Crippen LogP contribution in [0.1, 0.15) is 23.2 Å². The van der Waals surface area contributed by atoms with Crippen LogP contribution in [0.15, 0.2) is 60.9 Å². The number of nitrogens with one attached hydrogen (secondary N) is 2. The van der Waals surface area contributed by atoms with Gasteiger partial charge in [-0.3, -0.25) is 24.8 Å². The van der Waals surface area contributed by atoms with Gasteiger partial charge in [-0.05, 0) is 43.2 Å². The third-order valence-electron chi connectivity index (χ3n) is 4.83. The molecule has 4 rings (SSSR count).